The summed E-state index contributed by atoms with van der Waals surface area (Å²) in [5, 5.41) is 29.1. The van der Waals surface area contributed by atoms with Gasteiger partial charge in [0.1, 0.15) is 18.1 Å². The minimum atomic E-state index is -0.832. The van der Waals surface area contributed by atoms with Crippen molar-refractivity contribution in [1.82, 2.24) is 71.3 Å². The third-order valence-corrected chi connectivity index (χ3v) is 17.5. The van der Waals surface area contributed by atoms with Gasteiger partial charge in [-0.05, 0) is 114 Å². The van der Waals surface area contributed by atoms with Gasteiger partial charge in [0.25, 0.3) is 0 Å². The normalized spacial score (nSPS) is 10.8. The summed E-state index contributed by atoms with van der Waals surface area (Å²) in [7, 11) is 2.76. The number of aliphatic carboxylic acids is 1. The summed E-state index contributed by atoms with van der Waals surface area (Å²) in [6, 6.07) is 14.4. The van der Waals surface area contributed by atoms with Gasteiger partial charge in [-0.15, -0.1) is 0 Å². The molecule has 2 aromatic heterocycles. The number of ether oxygens (including phenoxy) is 2. The van der Waals surface area contributed by atoms with Crippen molar-refractivity contribution in [2.75, 3.05) is 178 Å². The number of para-hydroxylation sites is 2. The number of hydrogen-bond donors (Lipinski definition) is 13. The smallest absolute Gasteiger partial charge is 0.373 e. The highest BCUT2D eigenvalue weighted by Gasteiger charge is 2.32. The van der Waals surface area contributed by atoms with E-state index in [4.69, 9.17) is 85.2 Å². The number of benzene rings is 2. The van der Waals surface area contributed by atoms with Crippen molar-refractivity contribution in [3.8, 4) is 0 Å². The molecule has 0 aliphatic rings. The Labute approximate surface area is 718 Å². The second kappa shape index (κ2) is 84.2. The SMILES string of the molecule is CCCN(CCC)C[C@@H](C(=O)NCCc1c[nH]c2ccccc12)N(CCC)CCC(=O)OC.CCCN(CCC)C[C@@H](C(=O)O)N(CCC)CCC(=O)OC.NCCNC(=O)CCN(CCC(=O)NCCN)C[C@@H](C(=O)NCCc1c[nH]c2ccccc12)N(CCC(=O)NCCN)CCC(=O)NCCN.O=C=O.O=C=O.O=C=O.O=C=O.O=C=O.O=C=O. The number of esters is 2. The average molecular weight is 1740 g/mol. The predicted octanol–water partition coefficient (Wildman–Crippen LogP) is -1.41. The third-order valence-electron chi connectivity index (χ3n) is 17.5. The first-order chi connectivity index (χ1) is 59.2. The molecule has 0 saturated carbocycles. The number of hydrogen-bond acceptors (Lipinski definition) is 33. The van der Waals surface area contributed by atoms with Gasteiger partial charge in [0.15, 0.2) is 0 Å². The Morgan fingerprint density at radius 2 is 0.610 bits per heavy atom. The van der Waals surface area contributed by atoms with Crippen LogP contribution in [-0.2, 0) is 123 Å². The van der Waals surface area contributed by atoms with E-state index in [1.54, 1.807) is 4.90 Å². The maximum Gasteiger partial charge on any atom is 0.373 e. The summed E-state index contributed by atoms with van der Waals surface area (Å²) in [6.07, 6.45) is 13.5. The number of carbonyl (C=O) groups is 9. The highest BCUT2D eigenvalue weighted by atomic mass is 16.5. The minimum Gasteiger partial charge on any atom is -0.480 e. The Morgan fingerprint density at radius 3 is 0.886 bits per heavy atom. The lowest BCUT2D eigenvalue weighted by molar-refractivity contribution is -0.193. The van der Waals surface area contributed by atoms with Crippen molar-refractivity contribution in [2.24, 2.45) is 22.9 Å². The molecule has 4 aromatic rings. The Kier molecular flexibility index (Phi) is 82.3. The summed E-state index contributed by atoms with van der Waals surface area (Å²) >= 11 is 0. The summed E-state index contributed by atoms with van der Waals surface area (Å²) in [4.78, 5) is 229. The molecule has 690 valence electrons. The van der Waals surface area contributed by atoms with E-state index in [-0.39, 0.29) is 175 Å². The lowest BCUT2D eigenvalue weighted by atomic mass is 10.1. The Hall–Kier alpha value is -11.4. The Morgan fingerprint density at radius 1 is 0.358 bits per heavy atom. The van der Waals surface area contributed by atoms with Gasteiger partial charge in [-0.3, -0.25) is 57.9 Å². The van der Waals surface area contributed by atoms with Gasteiger partial charge < -0.3 is 94.1 Å². The molecular formula is C81H132N18O24. The molecule has 0 fully saturated rings. The van der Waals surface area contributed by atoms with E-state index in [9.17, 15) is 48.3 Å². The van der Waals surface area contributed by atoms with Crippen LogP contribution < -0.4 is 54.8 Å². The topological polar surface area (TPSA) is 624 Å². The van der Waals surface area contributed by atoms with Crippen molar-refractivity contribution in [2.45, 2.75) is 150 Å². The van der Waals surface area contributed by atoms with Gasteiger partial charge in [-0.2, -0.15) is 57.5 Å². The number of nitrogens with one attached hydrogen (secondary N) is 8. The van der Waals surface area contributed by atoms with E-state index in [2.05, 4.69) is 108 Å². The van der Waals surface area contributed by atoms with Crippen LogP contribution >= 0.6 is 0 Å². The quantitative estimate of drug-likeness (QED) is 0.0226. The molecule has 3 atom stereocenters. The Bertz CT molecular complexity index is 3570. The number of aromatic amines is 2. The number of nitrogens with two attached hydrogens (primary N) is 4. The van der Waals surface area contributed by atoms with Crippen LogP contribution in [0.25, 0.3) is 21.8 Å². The lowest BCUT2D eigenvalue weighted by Gasteiger charge is -2.34. The first kappa shape index (κ1) is 120. The predicted molar refractivity (Wildman–Crippen MR) is 445 cm³/mol. The number of H-pyrrole nitrogens is 2. The highest BCUT2D eigenvalue weighted by molar-refractivity contribution is 5.86. The molecule has 0 aliphatic carbocycles. The van der Waals surface area contributed by atoms with Gasteiger partial charge in [-0.25, -0.2) is 0 Å². The van der Waals surface area contributed by atoms with Crippen molar-refractivity contribution in [1.29, 1.82) is 0 Å². The fraction of sp³-hybridized carbons (Fsp3) is 0.617. The molecule has 17 N–H and O–H groups in total. The number of nitrogens with zero attached hydrogens (tertiary/aromatic N) is 6. The lowest BCUT2D eigenvalue weighted by Crippen LogP contribution is -2.55. The molecule has 4 rings (SSSR count). The molecule has 0 spiro atoms. The first-order valence-corrected chi connectivity index (χ1v) is 40.5. The van der Waals surface area contributed by atoms with Crippen molar-refractivity contribution in [3.63, 3.8) is 0 Å². The third kappa shape index (κ3) is 62.4. The number of amides is 6. The van der Waals surface area contributed by atoms with Gasteiger partial charge >= 0.3 is 54.8 Å². The average Bonchev–Trinajstić information content (AvgIpc) is 1.71. The molecule has 0 radical (unpaired) electrons. The second-order valence-corrected chi connectivity index (χ2v) is 26.4. The van der Waals surface area contributed by atoms with Crippen molar-refractivity contribution < 1.29 is 115 Å². The van der Waals surface area contributed by atoms with Gasteiger partial charge in [0.05, 0.1) is 27.1 Å². The summed E-state index contributed by atoms with van der Waals surface area (Å²) in [5.74, 6) is -2.54. The van der Waals surface area contributed by atoms with E-state index in [0.717, 1.165) is 99.7 Å². The number of carboxylic acids is 1. The van der Waals surface area contributed by atoms with Crippen LogP contribution in [0.5, 0.6) is 0 Å². The van der Waals surface area contributed by atoms with E-state index >= 15 is 0 Å². The van der Waals surface area contributed by atoms with Crippen molar-refractivity contribution in [3.05, 3.63) is 72.1 Å². The fourth-order valence-corrected chi connectivity index (χ4v) is 12.2. The molecule has 42 nitrogen and oxygen atoms in total. The monoisotopic (exact) mass is 1740 g/mol. The second-order valence-electron chi connectivity index (χ2n) is 26.4. The fourth-order valence-electron chi connectivity index (χ4n) is 12.2. The maximum absolute atomic E-state index is 14.1. The van der Waals surface area contributed by atoms with Crippen LogP contribution in [0.1, 0.15) is 130 Å². The number of aromatic nitrogens is 2. The van der Waals surface area contributed by atoms with Crippen LogP contribution in [0.3, 0.4) is 0 Å². The molecule has 123 heavy (non-hydrogen) atoms. The molecule has 0 bridgehead atoms. The minimum absolute atomic E-state index is 0.0327. The zero-order valence-electron chi connectivity index (χ0n) is 72.4. The van der Waals surface area contributed by atoms with Crippen LogP contribution in [0.2, 0.25) is 0 Å². The first-order valence-electron chi connectivity index (χ1n) is 40.5. The largest absolute Gasteiger partial charge is 0.480 e. The van der Waals surface area contributed by atoms with Gasteiger partial charge in [0.2, 0.25) is 35.4 Å². The van der Waals surface area contributed by atoms with E-state index in [1.807, 2.05) is 65.5 Å². The van der Waals surface area contributed by atoms with Crippen molar-refractivity contribution >= 4 is 112 Å². The molecule has 6 amide bonds. The maximum atomic E-state index is 14.1. The number of methoxy groups -OCH3 is 2. The van der Waals surface area contributed by atoms with E-state index < -0.39 is 18.1 Å². The number of rotatable bonds is 56. The van der Waals surface area contributed by atoms with Gasteiger partial charge in [0, 0.05) is 184 Å². The van der Waals surface area contributed by atoms with Crippen LogP contribution in [0.4, 0.5) is 0 Å². The molecule has 0 saturated heterocycles. The van der Waals surface area contributed by atoms with Gasteiger partial charge in [-0.1, -0.05) is 77.9 Å². The van der Waals surface area contributed by atoms with E-state index in [0.29, 0.717) is 91.5 Å². The molecular weight excluding hydrogens is 1610 g/mol. The summed E-state index contributed by atoms with van der Waals surface area (Å²) < 4.78 is 9.49. The number of fused-ring (bicyclic) bond motifs is 2. The number of carboxylic acid groups (broad SMARTS) is 1. The molecule has 42 heteroatoms. The zero-order valence-corrected chi connectivity index (χ0v) is 72.4. The molecule has 2 aromatic carbocycles. The summed E-state index contributed by atoms with van der Waals surface area (Å²) in [6.45, 7) is 24.2. The molecule has 0 aliphatic heterocycles. The van der Waals surface area contributed by atoms with Crippen LogP contribution in [0, 0.1) is 0 Å². The standard InChI is InChI=1S/C33H58N12O5.C26H42N4O3.C16H32N2O4.6CO2/c34-10-15-38-29(46)6-19-44(20-7-30(47)39-16-11-35)24-28(33(50)42-14-5-25-23-43-27-4-2-1-3-26(25)27)45(21-8-31(48)40-17-12-36)22-9-32(49)41-18-13-37;1-5-15-29(16-6-2)20-24(30(17-7-3)18-13-25(31)33-4)26(32)27-14-12-21-19-28-23-11-9-8-10-22(21)23;1-5-9-17(10-6-2)13-14(16(20)21)18(11-7-3)12-8-15(19)22-4;6*2-1-3/h1-4,23,28,43H,5-22,24,34-37H2,(H,38,46)(H,39,47)(H,40,48)(H,41,49)(H,42,50);8-11,19,24,28H,5-7,12-18,20H2,1-4H3,(H,27,32);14H,5-13H2,1-4H3,(H,20,21);;;;;;/t28-;24-;14-;;;;;;/m000....../s1. The zero-order chi connectivity index (χ0) is 93.8. The van der Waals surface area contributed by atoms with E-state index in [1.165, 1.54) is 25.2 Å². The summed E-state index contributed by atoms with van der Waals surface area (Å²) in [5.41, 5.74) is 26.6. The van der Waals surface area contributed by atoms with Crippen LogP contribution in [0.15, 0.2) is 60.9 Å². The highest BCUT2D eigenvalue weighted by Crippen LogP contribution is 2.20. The molecule has 0 unspecified atom stereocenters. The van der Waals surface area contributed by atoms with Crippen LogP contribution in [-0.4, -0.2) is 331 Å². The Balaban J connectivity index is -0.000000545. The molecule has 2 heterocycles. The number of carbonyl (C=O) groups excluding carboxylic acids is 20.